The molecular weight excluding hydrogens is 292 g/mol. The first-order valence-corrected chi connectivity index (χ1v) is 8.03. The molecule has 100 valence electrons. The Hall–Kier alpha value is -2.18. The molecule has 1 amide bonds. The summed E-state index contributed by atoms with van der Waals surface area (Å²) in [6.07, 6.45) is -0.598. The predicted molar refractivity (Wildman–Crippen MR) is 81.8 cm³/mol. The minimum Gasteiger partial charge on any atom is -0.296 e. The summed E-state index contributed by atoms with van der Waals surface area (Å²) < 4.78 is 1.83. The fourth-order valence-corrected chi connectivity index (χ4v) is 3.91. The lowest BCUT2D eigenvalue weighted by Gasteiger charge is -2.00. The number of anilines is 1. The van der Waals surface area contributed by atoms with Gasteiger partial charge >= 0.3 is 6.09 Å². The maximum atomic E-state index is 11.6. The highest BCUT2D eigenvalue weighted by Crippen LogP contribution is 2.19. The van der Waals surface area contributed by atoms with Gasteiger partial charge in [0.05, 0.1) is 0 Å². The van der Waals surface area contributed by atoms with Crippen LogP contribution >= 0.6 is 20.7 Å². The van der Waals surface area contributed by atoms with E-state index in [2.05, 4.69) is 10.5 Å². The first-order valence-electron chi connectivity index (χ1n) is 5.88. The quantitative estimate of drug-likeness (QED) is 0.441. The molecule has 1 aromatic heterocycles. The van der Waals surface area contributed by atoms with Gasteiger partial charge in [0.1, 0.15) is 0 Å². The van der Waals surface area contributed by atoms with Crippen LogP contribution in [0.1, 0.15) is 0 Å². The number of benzene rings is 2. The van der Waals surface area contributed by atoms with Crippen molar-refractivity contribution in [1.29, 1.82) is 0 Å². The zero-order valence-corrected chi connectivity index (χ0v) is 11.9. The number of nitrogens with one attached hydrogen (secondary N) is 1. The van der Waals surface area contributed by atoms with E-state index < -0.39 is 6.09 Å². The normalized spacial score (nSPS) is 11.5. The molecule has 0 aliphatic heterocycles. The number of carbonyl (C=O) groups excluding carboxylic acids is 1. The molecule has 1 N–H and O–H groups in total. The molecule has 0 aliphatic carbocycles. The number of fused-ring (bicyclic) bond motifs is 1. The molecule has 1 heterocycles. The number of hydrogen-bond donors (Lipinski definition) is 1. The third kappa shape index (κ3) is 2.87. The van der Waals surface area contributed by atoms with Gasteiger partial charge < -0.3 is 0 Å². The Labute approximate surface area is 122 Å². The Bertz CT molecular complexity index is 793. The monoisotopic (exact) mass is 302 g/mol. The molecule has 0 aliphatic rings. The van der Waals surface area contributed by atoms with Gasteiger partial charge in [-0.05, 0) is 18.2 Å². The lowest BCUT2D eigenvalue weighted by Crippen LogP contribution is -2.12. The second-order valence-corrected chi connectivity index (χ2v) is 6.09. The highest BCUT2D eigenvalue weighted by Gasteiger charge is 2.03. The van der Waals surface area contributed by atoms with E-state index in [4.69, 9.17) is 4.84 Å². The molecule has 2 aromatic carbocycles. The van der Waals surface area contributed by atoms with E-state index in [1.54, 1.807) is 22.5 Å². The summed E-state index contributed by atoms with van der Waals surface area (Å²) in [5.41, 5.74) is 0.673. The molecule has 0 spiro atoms. The average Bonchev–Trinajstić information content (AvgIpc) is 2.89. The zero-order valence-electron chi connectivity index (χ0n) is 10.3. The molecule has 20 heavy (non-hydrogen) atoms. The van der Waals surface area contributed by atoms with Crippen LogP contribution in [0.2, 0.25) is 0 Å². The molecule has 3 aromatic rings. The second-order valence-electron chi connectivity index (χ2n) is 3.93. The second kappa shape index (κ2) is 5.85. The molecule has 4 nitrogen and oxygen atoms in total. The third-order valence-corrected chi connectivity index (χ3v) is 4.89. The Morgan fingerprint density at radius 3 is 2.60 bits per heavy atom. The van der Waals surface area contributed by atoms with E-state index >= 15 is 0 Å². The van der Waals surface area contributed by atoms with E-state index in [1.165, 1.54) is 10.3 Å². The smallest absolute Gasteiger partial charge is 0.296 e. The fraction of sp³-hybridized carbons (Fsp3) is 0. The number of para-hydroxylation sites is 1. The van der Waals surface area contributed by atoms with Crippen molar-refractivity contribution >= 4 is 42.5 Å². The van der Waals surface area contributed by atoms with Crippen molar-refractivity contribution in [3.63, 3.8) is 0 Å². The van der Waals surface area contributed by atoms with Gasteiger partial charge in [0.25, 0.3) is 0 Å². The Kier molecular flexibility index (Phi) is 3.76. The number of nitrogens with zero attached hydrogens (tertiary/aromatic N) is 1. The van der Waals surface area contributed by atoms with Gasteiger partial charge in [-0.2, -0.15) is 0 Å². The van der Waals surface area contributed by atoms with Gasteiger partial charge in [-0.25, -0.2) is 4.79 Å². The van der Waals surface area contributed by atoms with E-state index in [-0.39, 0.29) is 0 Å². The predicted octanol–water partition coefficient (Wildman–Crippen LogP) is 4.03. The number of amides is 1. The van der Waals surface area contributed by atoms with Gasteiger partial charge in [0.2, 0.25) is 0 Å². The van der Waals surface area contributed by atoms with E-state index in [0.717, 1.165) is 10.1 Å². The summed E-state index contributed by atoms with van der Waals surface area (Å²) in [6, 6.07) is 17.0. The third-order valence-electron chi connectivity index (χ3n) is 2.56. The minimum atomic E-state index is -0.598. The molecule has 0 bridgehead atoms. The maximum Gasteiger partial charge on any atom is 0.437 e. The van der Waals surface area contributed by atoms with Crippen LogP contribution in [0.3, 0.4) is 0 Å². The van der Waals surface area contributed by atoms with Gasteiger partial charge in [-0.1, -0.05) is 62.2 Å². The summed E-state index contributed by atoms with van der Waals surface area (Å²) in [5.74, 6) is 0. The summed E-state index contributed by atoms with van der Waals surface area (Å²) in [7, 11) is 3.09. The molecule has 0 saturated heterocycles. The maximum absolute atomic E-state index is 11.6. The first kappa shape index (κ1) is 12.8. The van der Waals surface area contributed by atoms with Crippen LogP contribution < -0.4 is 9.99 Å². The van der Waals surface area contributed by atoms with Crippen molar-refractivity contribution in [2.45, 2.75) is 0 Å². The van der Waals surface area contributed by atoms with Crippen LogP contribution in [-0.2, 0) is 4.84 Å². The van der Waals surface area contributed by atoms with Crippen LogP contribution in [0.4, 0.5) is 10.5 Å². The molecule has 0 unspecified atom stereocenters. The number of carbonyl (C=O) groups is 1. The minimum absolute atomic E-state index is 0.598. The van der Waals surface area contributed by atoms with E-state index in [9.17, 15) is 4.79 Å². The summed E-state index contributed by atoms with van der Waals surface area (Å²) in [5, 5.41) is 7.51. The molecular formula is C14H10N2O2S2. The summed E-state index contributed by atoms with van der Waals surface area (Å²) >= 11 is 0. The average molecular weight is 302 g/mol. The molecule has 0 saturated carbocycles. The Morgan fingerprint density at radius 1 is 1.00 bits per heavy atom. The van der Waals surface area contributed by atoms with Crippen molar-refractivity contribution in [2.75, 3.05) is 5.32 Å². The summed E-state index contributed by atoms with van der Waals surface area (Å²) in [4.78, 5) is 16.5. The fourth-order valence-electron chi connectivity index (χ4n) is 1.65. The van der Waals surface area contributed by atoms with Crippen LogP contribution in [0.5, 0.6) is 0 Å². The molecule has 3 rings (SSSR count). The van der Waals surface area contributed by atoms with E-state index in [1.807, 2.05) is 42.5 Å². The van der Waals surface area contributed by atoms with Crippen molar-refractivity contribution in [1.82, 2.24) is 0 Å². The van der Waals surface area contributed by atoms with Gasteiger partial charge in [0.15, 0.2) is 4.67 Å². The van der Waals surface area contributed by atoms with E-state index in [0.29, 0.717) is 10.4 Å². The number of hydrogen-bond acceptors (Lipinski definition) is 5. The van der Waals surface area contributed by atoms with Gasteiger partial charge in [-0.3, -0.25) is 10.2 Å². The Morgan fingerprint density at radius 2 is 1.75 bits per heavy atom. The van der Waals surface area contributed by atoms with Crippen LogP contribution in [-0.4, -0.2) is 6.09 Å². The largest absolute Gasteiger partial charge is 0.437 e. The molecule has 0 atom stereocenters. The topological polar surface area (TPSA) is 50.7 Å². The van der Waals surface area contributed by atoms with Crippen molar-refractivity contribution in [2.24, 2.45) is 5.16 Å². The van der Waals surface area contributed by atoms with Gasteiger partial charge in [0, 0.05) is 15.8 Å². The molecule has 0 radical (unpaired) electrons. The zero-order chi connectivity index (χ0) is 13.8. The van der Waals surface area contributed by atoms with Crippen molar-refractivity contribution in [3.05, 3.63) is 59.3 Å². The lowest BCUT2D eigenvalue weighted by molar-refractivity contribution is 0.162. The molecule has 6 heteroatoms. The number of rotatable bonds is 2. The van der Waals surface area contributed by atoms with Crippen LogP contribution in [0, 0.1) is 0 Å². The Balaban J connectivity index is 1.75. The highest BCUT2D eigenvalue weighted by molar-refractivity contribution is 7.71. The first-order chi connectivity index (χ1) is 9.83. The SMILES string of the molecule is O=C(Nc1ccccc1)ON=c1ssc2ccccc12. The lowest BCUT2D eigenvalue weighted by atomic mass is 10.3. The highest BCUT2D eigenvalue weighted by atomic mass is 32.9. The van der Waals surface area contributed by atoms with Gasteiger partial charge in [-0.15, -0.1) is 0 Å². The summed E-state index contributed by atoms with van der Waals surface area (Å²) in [6.45, 7) is 0. The van der Waals surface area contributed by atoms with Crippen LogP contribution in [0.25, 0.3) is 10.1 Å². The van der Waals surface area contributed by atoms with Crippen LogP contribution in [0.15, 0.2) is 59.8 Å². The standard InChI is InChI=1S/C14H10N2O2S2/c17-14(15-10-6-2-1-3-7-10)18-16-13-11-8-4-5-9-12(11)19-20-13/h1-9H,(H,15,17). The molecule has 0 fully saturated rings. The van der Waals surface area contributed by atoms with Crippen molar-refractivity contribution < 1.29 is 9.63 Å². The van der Waals surface area contributed by atoms with Crippen molar-refractivity contribution in [3.8, 4) is 0 Å².